The lowest BCUT2D eigenvalue weighted by Gasteiger charge is -2.08. The summed E-state index contributed by atoms with van der Waals surface area (Å²) < 4.78 is 1.40. The molecule has 1 N–H and O–H groups in total. The van der Waals surface area contributed by atoms with Crippen LogP contribution in [0, 0.1) is 6.92 Å². The molecule has 27 heavy (non-hydrogen) atoms. The molecule has 0 saturated carbocycles. The van der Waals surface area contributed by atoms with Crippen LogP contribution in [-0.4, -0.2) is 22.0 Å². The van der Waals surface area contributed by atoms with Crippen LogP contribution in [0.2, 0.25) is 0 Å². The Morgan fingerprint density at radius 3 is 2.70 bits per heavy atom. The number of carbonyl (C=O) groups is 1. The van der Waals surface area contributed by atoms with Gasteiger partial charge in [0.15, 0.2) is 0 Å². The van der Waals surface area contributed by atoms with Crippen LogP contribution in [0.25, 0.3) is 21.3 Å². The van der Waals surface area contributed by atoms with Gasteiger partial charge in [0.1, 0.15) is 11.4 Å². The molecule has 0 bridgehead atoms. The molecule has 0 spiro atoms. The molecule has 6 heteroatoms. The van der Waals surface area contributed by atoms with E-state index in [4.69, 9.17) is 0 Å². The lowest BCUT2D eigenvalue weighted by atomic mass is 10.1. The maximum Gasteiger partial charge on any atom is 0.263 e. The van der Waals surface area contributed by atoms with Crippen LogP contribution in [0.4, 0.5) is 0 Å². The summed E-state index contributed by atoms with van der Waals surface area (Å²) in [5, 5.41) is 5.43. The third-order valence-corrected chi connectivity index (χ3v) is 5.48. The highest BCUT2D eigenvalue weighted by Crippen LogP contribution is 2.30. The van der Waals surface area contributed by atoms with Gasteiger partial charge in [-0.25, -0.2) is 4.98 Å². The van der Waals surface area contributed by atoms with E-state index in [2.05, 4.69) is 17.2 Å². The Kier molecular flexibility index (Phi) is 6.40. The number of nitrogens with zero attached hydrogens (tertiary/aromatic N) is 2. The van der Waals surface area contributed by atoms with Gasteiger partial charge in [-0.05, 0) is 18.9 Å². The third-order valence-electron chi connectivity index (χ3n) is 4.59. The molecule has 1 aromatic carbocycles. The Balaban J connectivity index is 1.78. The highest BCUT2D eigenvalue weighted by atomic mass is 32.1. The normalized spacial score (nSPS) is 11.0. The molecule has 2 heterocycles. The minimum Gasteiger partial charge on any atom is -0.355 e. The van der Waals surface area contributed by atoms with Gasteiger partial charge in [0, 0.05) is 17.5 Å². The maximum atomic E-state index is 13.0. The number of aromatic nitrogens is 2. The van der Waals surface area contributed by atoms with Crippen molar-refractivity contribution in [3.63, 3.8) is 0 Å². The molecule has 0 aliphatic rings. The molecule has 142 valence electrons. The van der Waals surface area contributed by atoms with Crippen LogP contribution >= 0.6 is 11.3 Å². The number of unbranched alkanes of at least 4 members (excludes halogenated alkanes) is 3. The molecule has 5 nitrogen and oxygen atoms in total. The number of hydrogen-bond acceptors (Lipinski definition) is 4. The second kappa shape index (κ2) is 8.95. The highest BCUT2D eigenvalue weighted by Gasteiger charge is 2.14. The van der Waals surface area contributed by atoms with E-state index >= 15 is 0 Å². The summed E-state index contributed by atoms with van der Waals surface area (Å²) in [6.07, 6.45) is 5.89. The molecule has 0 unspecified atom stereocenters. The van der Waals surface area contributed by atoms with Gasteiger partial charge in [0.2, 0.25) is 5.91 Å². The molecule has 0 atom stereocenters. The highest BCUT2D eigenvalue weighted by molar-refractivity contribution is 7.17. The number of nitrogens with one attached hydrogen (secondary N) is 1. The van der Waals surface area contributed by atoms with Gasteiger partial charge in [0.25, 0.3) is 5.56 Å². The van der Waals surface area contributed by atoms with Crippen molar-refractivity contribution in [2.24, 2.45) is 0 Å². The predicted molar refractivity (Wildman–Crippen MR) is 111 cm³/mol. The van der Waals surface area contributed by atoms with E-state index in [1.807, 2.05) is 36.6 Å². The van der Waals surface area contributed by atoms with Gasteiger partial charge < -0.3 is 5.32 Å². The van der Waals surface area contributed by atoms with Gasteiger partial charge in [-0.3, -0.25) is 14.2 Å². The summed E-state index contributed by atoms with van der Waals surface area (Å²) in [6.45, 7) is 4.84. The van der Waals surface area contributed by atoms with Crippen molar-refractivity contribution in [2.45, 2.75) is 46.1 Å². The zero-order chi connectivity index (χ0) is 19.2. The average molecular weight is 384 g/mol. The number of benzene rings is 1. The first-order chi connectivity index (χ1) is 13.1. The van der Waals surface area contributed by atoms with Crippen molar-refractivity contribution in [2.75, 3.05) is 6.54 Å². The molecule has 3 rings (SSSR count). The van der Waals surface area contributed by atoms with Gasteiger partial charge in [-0.2, -0.15) is 0 Å². The SMILES string of the molecule is CCCCCCNC(=O)Cn1cnc2scc(-c3ccc(C)cc3)c2c1=O. The monoisotopic (exact) mass is 383 g/mol. The third kappa shape index (κ3) is 4.63. The van der Waals surface area contributed by atoms with Crippen molar-refractivity contribution in [1.29, 1.82) is 0 Å². The lowest BCUT2D eigenvalue weighted by molar-refractivity contribution is -0.121. The van der Waals surface area contributed by atoms with Crippen LogP contribution in [-0.2, 0) is 11.3 Å². The molecule has 0 aliphatic carbocycles. The predicted octanol–water partition coefficient (Wildman–Crippen LogP) is 4.13. The fraction of sp³-hybridized carbons (Fsp3) is 0.381. The van der Waals surface area contributed by atoms with E-state index < -0.39 is 0 Å². The van der Waals surface area contributed by atoms with E-state index in [0.717, 1.165) is 24.0 Å². The van der Waals surface area contributed by atoms with Crippen molar-refractivity contribution in [1.82, 2.24) is 14.9 Å². The maximum absolute atomic E-state index is 13.0. The molecule has 0 fully saturated rings. The van der Waals surface area contributed by atoms with Gasteiger partial charge in [-0.15, -0.1) is 11.3 Å². The Hall–Kier alpha value is -2.47. The van der Waals surface area contributed by atoms with E-state index in [9.17, 15) is 9.59 Å². The smallest absolute Gasteiger partial charge is 0.263 e. The van der Waals surface area contributed by atoms with Crippen molar-refractivity contribution >= 4 is 27.5 Å². The van der Waals surface area contributed by atoms with Crippen LogP contribution in [0.15, 0.2) is 40.8 Å². The summed E-state index contributed by atoms with van der Waals surface area (Å²) >= 11 is 1.45. The summed E-state index contributed by atoms with van der Waals surface area (Å²) in [7, 11) is 0. The average Bonchev–Trinajstić information content (AvgIpc) is 3.09. The molecule has 2 aromatic heterocycles. The largest absolute Gasteiger partial charge is 0.355 e. The standard InChI is InChI=1S/C21H25N3O2S/c1-3-4-5-6-11-22-18(25)12-24-14-23-20-19(21(24)26)17(13-27-20)16-9-7-15(2)8-10-16/h7-10,13-14H,3-6,11-12H2,1-2H3,(H,22,25). The van der Waals surface area contributed by atoms with Gasteiger partial charge in [-0.1, -0.05) is 56.0 Å². The number of amides is 1. The van der Waals surface area contributed by atoms with E-state index in [1.165, 1.54) is 40.6 Å². The molecular formula is C21H25N3O2S. The number of carbonyl (C=O) groups excluding carboxylic acids is 1. The molecular weight excluding hydrogens is 358 g/mol. The van der Waals surface area contributed by atoms with Crippen LogP contribution < -0.4 is 10.9 Å². The number of rotatable bonds is 8. The Morgan fingerprint density at radius 2 is 1.96 bits per heavy atom. The fourth-order valence-corrected chi connectivity index (χ4v) is 3.92. The quantitative estimate of drug-likeness (QED) is 0.595. The zero-order valence-electron chi connectivity index (χ0n) is 15.8. The second-order valence-electron chi connectivity index (χ2n) is 6.78. The van der Waals surface area contributed by atoms with E-state index in [0.29, 0.717) is 16.8 Å². The lowest BCUT2D eigenvalue weighted by Crippen LogP contribution is -2.32. The number of aryl methyl sites for hydroxylation is 1. The van der Waals surface area contributed by atoms with Crippen LogP contribution in [0.5, 0.6) is 0 Å². The summed E-state index contributed by atoms with van der Waals surface area (Å²) in [4.78, 5) is 30.2. The van der Waals surface area contributed by atoms with Gasteiger partial charge in [0.05, 0.1) is 11.7 Å². The molecule has 3 aromatic rings. The first-order valence-corrected chi connectivity index (χ1v) is 10.3. The second-order valence-corrected chi connectivity index (χ2v) is 7.64. The number of fused-ring (bicyclic) bond motifs is 1. The summed E-state index contributed by atoms with van der Waals surface area (Å²) in [5.41, 5.74) is 2.87. The zero-order valence-corrected chi connectivity index (χ0v) is 16.6. The minimum absolute atomic E-state index is 0.00125. The van der Waals surface area contributed by atoms with Crippen LogP contribution in [0.1, 0.15) is 38.2 Å². The molecule has 0 saturated heterocycles. The Morgan fingerprint density at radius 1 is 1.19 bits per heavy atom. The first-order valence-electron chi connectivity index (χ1n) is 9.40. The number of thiophene rings is 1. The summed E-state index contributed by atoms with van der Waals surface area (Å²) in [6, 6.07) is 8.08. The Bertz CT molecular complexity index is 973. The Labute approximate surface area is 163 Å². The molecule has 1 amide bonds. The first kappa shape index (κ1) is 19.3. The molecule has 0 radical (unpaired) electrons. The van der Waals surface area contributed by atoms with Crippen molar-refractivity contribution in [3.05, 3.63) is 51.9 Å². The van der Waals surface area contributed by atoms with E-state index in [-0.39, 0.29) is 18.0 Å². The van der Waals surface area contributed by atoms with Crippen LogP contribution in [0.3, 0.4) is 0 Å². The minimum atomic E-state index is -0.169. The van der Waals surface area contributed by atoms with Gasteiger partial charge >= 0.3 is 0 Å². The van der Waals surface area contributed by atoms with E-state index in [1.54, 1.807) is 0 Å². The summed E-state index contributed by atoms with van der Waals surface area (Å²) in [5.74, 6) is -0.151. The fourth-order valence-electron chi connectivity index (χ4n) is 3.02. The molecule has 0 aliphatic heterocycles. The number of hydrogen-bond donors (Lipinski definition) is 1. The van der Waals surface area contributed by atoms with Crippen molar-refractivity contribution in [3.8, 4) is 11.1 Å². The topological polar surface area (TPSA) is 64.0 Å². The van der Waals surface area contributed by atoms with Crippen molar-refractivity contribution < 1.29 is 4.79 Å².